The molecule has 1 aromatic heterocycles. The number of carboxylic acids is 1. The Labute approximate surface area is 130 Å². The molecule has 0 amide bonds. The largest absolute Gasteiger partial charge is 0.491 e. The summed E-state index contributed by atoms with van der Waals surface area (Å²) in [5, 5.41) is 10.3. The number of hydrogen-bond acceptors (Lipinski definition) is 2. The third-order valence-corrected chi connectivity index (χ3v) is 4.57. The van der Waals surface area contributed by atoms with Crippen LogP contribution < -0.4 is 4.74 Å². The quantitative estimate of drug-likeness (QED) is 0.884. The van der Waals surface area contributed by atoms with Gasteiger partial charge in [0.1, 0.15) is 5.75 Å². The van der Waals surface area contributed by atoms with Gasteiger partial charge in [-0.15, -0.1) is 0 Å². The molecule has 2 aromatic rings. The van der Waals surface area contributed by atoms with Crippen molar-refractivity contribution in [2.75, 3.05) is 0 Å². The predicted octanol–water partition coefficient (Wildman–Crippen LogP) is 4.31. The fourth-order valence-corrected chi connectivity index (χ4v) is 3.46. The Morgan fingerprint density at radius 2 is 2.00 bits per heavy atom. The zero-order valence-corrected chi connectivity index (χ0v) is 13.1. The zero-order valence-electron chi connectivity index (χ0n) is 13.1. The number of nitrogens with one attached hydrogen (secondary N) is 1. The van der Waals surface area contributed by atoms with Gasteiger partial charge < -0.3 is 14.8 Å². The fourth-order valence-electron chi connectivity index (χ4n) is 3.46. The van der Waals surface area contributed by atoms with Gasteiger partial charge in [-0.25, -0.2) is 0 Å². The number of benzene rings is 1. The molecule has 4 heteroatoms. The molecule has 1 aliphatic carbocycles. The molecule has 1 heterocycles. The van der Waals surface area contributed by atoms with Gasteiger partial charge in [0.05, 0.1) is 12.0 Å². The van der Waals surface area contributed by atoms with Gasteiger partial charge in [-0.1, -0.05) is 0 Å². The van der Waals surface area contributed by atoms with E-state index >= 15 is 0 Å². The van der Waals surface area contributed by atoms with Gasteiger partial charge in [-0.05, 0) is 69.2 Å². The Morgan fingerprint density at radius 3 is 2.64 bits per heavy atom. The molecule has 0 aliphatic heterocycles. The van der Waals surface area contributed by atoms with Crippen molar-refractivity contribution < 1.29 is 14.6 Å². The summed E-state index contributed by atoms with van der Waals surface area (Å²) in [6, 6.07) is 6.15. The van der Waals surface area contributed by atoms with E-state index in [2.05, 4.69) is 23.3 Å². The van der Waals surface area contributed by atoms with E-state index in [1.165, 1.54) is 10.9 Å². The highest BCUT2D eigenvalue weighted by molar-refractivity contribution is 5.85. The van der Waals surface area contributed by atoms with E-state index < -0.39 is 5.97 Å². The number of rotatable bonds is 4. The lowest BCUT2D eigenvalue weighted by Crippen LogP contribution is -2.20. The summed E-state index contributed by atoms with van der Waals surface area (Å²) < 4.78 is 5.79. The van der Waals surface area contributed by atoms with Crippen molar-refractivity contribution in [3.8, 4) is 5.75 Å². The zero-order chi connectivity index (χ0) is 15.7. The molecule has 22 heavy (non-hydrogen) atoms. The Hall–Kier alpha value is -1.97. The highest BCUT2D eigenvalue weighted by atomic mass is 16.5. The second kappa shape index (κ2) is 6.03. The summed E-state index contributed by atoms with van der Waals surface area (Å²) in [5.41, 5.74) is 2.42. The van der Waals surface area contributed by atoms with Crippen LogP contribution in [0.15, 0.2) is 24.4 Å². The maximum Gasteiger partial charge on any atom is 0.306 e. The minimum Gasteiger partial charge on any atom is -0.491 e. The van der Waals surface area contributed by atoms with Crippen molar-refractivity contribution in [2.45, 2.75) is 51.6 Å². The Kier molecular flexibility index (Phi) is 4.10. The van der Waals surface area contributed by atoms with Crippen LogP contribution in [-0.4, -0.2) is 22.2 Å². The summed E-state index contributed by atoms with van der Waals surface area (Å²) in [4.78, 5) is 14.4. The standard InChI is InChI=1S/C18H23NO3/c1-11(2)22-14-7-8-17-15(9-14)16(10-19-17)12-3-5-13(6-4-12)18(20)21/h7-13,19H,3-6H2,1-2H3,(H,20,21). The van der Waals surface area contributed by atoms with Crippen molar-refractivity contribution in [1.29, 1.82) is 0 Å². The lowest BCUT2D eigenvalue weighted by atomic mass is 9.78. The van der Waals surface area contributed by atoms with Gasteiger partial charge in [-0.3, -0.25) is 4.79 Å². The lowest BCUT2D eigenvalue weighted by Gasteiger charge is -2.26. The van der Waals surface area contributed by atoms with Gasteiger partial charge in [0, 0.05) is 17.1 Å². The number of aromatic amines is 1. The summed E-state index contributed by atoms with van der Waals surface area (Å²) in [7, 11) is 0. The molecular formula is C18H23NO3. The molecule has 1 aromatic carbocycles. The van der Waals surface area contributed by atoms with Crippen LogP contribution >= 0.6 is 0 Å². The number of carboxylic acid groups (broad SMARTS) is 1. The highest BCUT2D eigenvalue weighted by Crippen LogP contribution is 2.39. The van der Waals surface area contributed by atoms with Gasteiger partial charge >= 0.3 is 5.97 Å². The predicted molar refractivity (Wildman–Crippen MR) is 86.4 cm³/mol. The first-order chi connectivity index (χ1) is 10.5. The van der Waals surface area contributed by atoms with Gasteiger partial charge in [0.25, 0.3) is 0 Å². The molecule has 118 valence electrons. The van der Waals surface area contributed by atoms with Gasteiger partial charge in [0.15, 0.2) is 0 Å². The van der Waals surface area contributed by atoms with E-state index in [1.54, 1.807) is 0 Å². The molecule has 1 fully saturated rings. The fraction of sp³-hybridized carbons (Fsp3) is 0.500. The molecule has 2 N–H and O–H groups in total. The lowest BCUT2D eigenvalue weighted by molar-refractivity contribution is -0.142. The summed E-state index contributed by atoms with van der Waals surface area (Å²) >= 11 is 0. The molecule has 0 bridgehead atoms. The number of fused-ring (bicyclic) bond motifs is 1. The molecular weight excluding hydrogens is 278 g/mol. The van der Waals surface area contributed by atoms with E-state index in [0.29, 0.717) is 5.92 Å². The normalized spacial score (nSPS) is 22.1. The average Bonchev–Trinajstić information content (AvgIpc) is 2.90. The molecule has 1 aliphatic rings. The topological polar surface area (TPSA) is 62.3 Å². The van der Waals surface area contributed by atoms with E-state index in [0.717, 1.165) is 36.9 Å². The number of ether oxygens (including phenoxy) is 1. The Morgan fingerprint density at radius 1 is 1.27 bits per heavy atom. The number of hydrogen-bond donors (Lipinski definition) is 2. The van der Waals surface area contributed by atoms with Crippen LogP contribution in [0, 0.1) is 5.92 Å². The summed E-state index contributed by atoms with van der Waals surface area (Å²) in [6.07, 6.45) is 5.67. The van der Waals surface area contributed by atoms with E-state index in [-0.39, 0.29) is 12.0 Å². The summed E-state index contributed by atoms with van der Waals surface area (Å²) in [5.74, 6) is 0.521. The van der Waals surface area contributed by atoms with Crippen molar-refractivity contribution in [2.24, 2.45) is 5.92 Å². The molecule has 1 saturated carbocycles. The first-order valence-corrected chi connectivity index (χ1v) is 8.05. The van der Waals surface area contributed by atoms with E-state index in [1.807, 2.05) is 19.9 Å². The van der Waals surface area contributed by atoms with Crippen molar-refractivity contribution in [1.82, 2.24) is 4.98 Å². The smallest absolute Gasteiger partial charge is 0.306 e. The number of aliphatic carboxylic acids is 1. The molecule has 0 spiro atoms. The third kappa shape index (κ3) is 2.96. The van der Waals surface area contributed by atoms with Gasteiger partial charge in [-0.2, -0.15) is 0 Å². The SMILES string of the molecule is CC(C)Oc1ccc2[nH]cc(C3CCC(C(=O)O)CC3)c2c1. The van der Waals surface area contributed by atoms with Crippen LogP contribution in [0.2, 0.25) is 0 Å². The molecule has 0 unspecified atom stereocenters. The summed E-state index contributed by atoms with van der Waals surface area (Å²) in [6.45, 7) is 4.05. The number of aromatic nitrogens is 1. The van der Waals surface area contributed by atoms with Gasteiger partial charge in [0.2, 0.25) is 0 Å². The van der Waals surface area contributed by atoms with Crippen LogP contribution in [0.4, 0.5) is 0 Å². The molecule has 4 nitrogen and oxygen atoms in total. The van der Waals surface area contributed by atoms with Crippen molar-refractivity contribution >= 4 is 16.9 Å². The monoisotopic (exact) mass is 301 g/mol. The molecule has 3 rings (SSSR count). The average molecular weight is 301 g/mol. The maximum absolute atomic E-state index is 11.1. The molecule has 0 atom stereocenters. The van der Waals surface area contributed by atoms with E-state index in [9.17, 15) is 4.79 Å². The minimum atomic E-state index is -0.648. The Balaban J connectivity index is 1.83. The maximum atomic E-state index is 11.1. The second-order valence-corrected chi connectivity index (χ2v) is 6.50. The molecule has 0 radical (unpaired) electrons. The van der Waals surface area contributed by atoms with E-state index in [4.69, 9.17) is 9.84 Å². The second-order valence-electron chi connectivity index (χ2n) is 6.50. The third-order valence-electron chi connectivity index (χ3n) is 4.57. The van der Waals surface area contributed by atoms with Crippen molar-refractivity contribution in [3.63, 3.8) is 0 Å². The van der Waals surface area contributed by atoms with Crippen LogP contribution in [0.5, 0.6) is 5.75 Å². The van der Waals surface area contributed by atoms with Crippen LogP contribution in [0.3, 0.4) is 0 Å². The first-order valence-electron chi connectivity index (χ1n) is 8.05. The van der Waals surface area contributed by atoms with Crippen LogP contribution in [0.25, 0.3) is 10.9 Å². The Bertz CT molecular complexity index is 666. The minimum absolute atomic E-state index is 0.158. The van der Waals surface area contributed by atoms with Crippen molar-refractivity contribution in [3.05, 3.63) is 30.0 Å². The van der Waals surface area contributed by atoms with Crippen LogP contribution in [0.1, 0.15) is 51.0 Å². The highest BCUT2D eigenvalue weighted by Gasteiger charge is 2.28. The number of carbonyl (C=O) groups is 1. The first kappa shape index (κ1) is 14.9. The molecule has 0 saturated heterocycles. The number of H-pyrrole nitrogens is 1. The van der Waals surface area contributed by atoms with Crippen LogP contribution in [-0.2, 0) is 4.79 Å².